The summed E-state index contributed by atoms with van der Waals surface area (Å²) in [4.78, 5) is 34.9. The number of phosphoric acid groups is 1. The molecule has 0 radical (unpaired) electrons. The third-order valence-corrected chi connectivity index (χ3v) is 10.4. The second kappa shape index (κ2) is 39.0. The molecule has 0 fully saturated rings. The van der Waals surface area contributed by atoms with Gasteiger partial charge >= 0.3 is 19.8 Å². The van der Waals surface area contributed by atoms with Crippen LogP contribution in [0.25, 0.3) is 0 Å². The van der Waals surface area contributed by atoms with E-state index in [0.29, 0.717) is 12.8 Å². The predicted octanol–water partition coefficient (Wildman–Crippen LogP) is 11.2. The molecule has 3 N–H and O–H groups in total. The molecule has 0 rings (SSSR count). The van der Waals surface area contributed by atoms with Gasteiger partial charge in [-0.15, -0.1) is 0 Å². The molecule has 3 atom stereocenters. The van der Waals surface area contributed by atoms with Crippen molar-refractivity contribution < 1.29 is 47.8 Å². The van der Waals surface area contributed by atoms with Crippen molar-refractivity contribution in [2.45, 2.75) is 219 Å². The van der Waals surface area contributed by atoms with Crippen LogP contribution in [0.3, 0.4) is 0 Å². The zero-order valence-electron chi connectivity index (χ0n) is 34.0. The van der Waals surface area contributed by atoms with Crippen LogP contribution in [-0.4, -0.2) is 65.7 Å². The minimum Gasteiger partial charge on any atom is -0.462 e. The lowest BCUT2D eigenvalue weighted by atomic mass is 10.0. The Morgan fingerprint density at radius 3 is 1.42 bits per heavy atom. The second-order valence-electron chi connectivity index (χ2n) is 14.7. The first-order valence-electron chi connectivity index (χ1n) is 21.6. The number of rotatable bonds is 41. The summed E-state index contributed by atoms with van der Waals surface area (Å²) in [5, 5.41) is 18.3. The maximum Gasteiger partial charge on any atom is 0.472 e. The summed E-state index contributed by atoms with van der Waals surface area (Å²) < 4.78 is 32.6. The van der Waals surface area contributed by atoms with Crippen LogP contribution >= 0.6 is 7.82 Å². The molecule has 0 spiro atoms. The van der Waals surface area contributed by atoms with Crippen LogP contribution in [0.5, 0.6) is 0 Å². The highest BCUT2D eigenvalue weighted by Crippen LogP contribution is 2.43. The van der Waals surface area contributed by atoms with E-state index in [1.165, 1.54) is 109 Å². The van der Waals surface area contributed by atoms with Crippen molar-refractivity contribution in [3.63, 3.8) is 0 Å². The molecule has 53 heavy (non-hydrogen) atoms. The van der Waals surface area contributed by atoms with Gasteiger partial charge in [0.25, 0.3) is 0 Å². The Morgan fingerprint density at radius 1 is 0.547 bits per heavy atom. The first-order chi connectivity index (χ1) is 25.7. The summed E-state index contributed by atoms with van der Waals surface area (Å²) in [6.45, 7) is 2.35. The van der Waals surface area contributed by atoms with Gasteiger partial charge in [0.2, 0.25) is 0 Å². The van der Waals surface area contributed by atoms with Gasteiger partial charge in [-0.1, -0.05) is 174 Å². The number of hydrogen-bond donors (Lipinski definition) is 3. The largest absolute Gasteiger partial charge is 0.472 e. The molecule has 0 aliphatic heterocycles. The predicted molar refractivity (Wildman–Crippen MR) is 215 cm³/mol. The van der Waals surface area contributed by atoms with Crippen molar-refractivity contribution in [3.8, 4) is 0 Å². The monoisotopic (exact) mass is 777 g/mol. The number of carbonyl (C=O) groups is 2. The highest BCUT2D eigenvalue weighted by Gasteiger charge is 2.27. The molecule has 0 aromatic heterocycles. The molecule has 0 bridgehead atoms. The van der Waals surface area contributed by atoms with E-state index in [2.05, 4.69) is 30.5 Å². The van der Waals surface area contributed by atoms with Crippen molar-refractivity contribution >= 4 is 19.8 Å². The van der Waals surface area contributed by atoms with E-state index < -0.39 is 51.8 Å². The summed E-state index contributed by atoms with van der Waals surface area (Å²) in [7, 11) is -4.61. The van der Waals surface area contributed by atoms with Gasteiger partial charge in [-0.05, 0) is 32.1 Å². The Labute approximate surface area is 324 Å². The number of ether oxygens (including phenoxy) is 2. The van der Waals surface area contributed by atoms with Crippen LogP contribution in [0.15, 0.2) is 12.2 Å². The molecule has 0 aromatic rings. The number of carbonyl (C=O) groups excluding carboxylic acids is 2. The van der Waals surface area contributed by atoms with Crippen molar-refractivity contribution in [2.75, 3.05) is 26.4 Å². The van der Waals surface area contributed by atoms with Crippen molar-refractivity contribution in [2.24, 2.45) is 0 Å². The fraction of sp³-hybridized carbons (Fsp3) is 0.905. The molecule has 0 aliphatic carbocycles. The van der Waals surface area contributed by atoms with Crippen LogP contribution in [-0.2, 0) is 32.7 Å². The van der Waals surface area contributed by atoms with Gasteiger partial charge in [-0.3, -0.25) is 18.6 Å². The number of hydrogen-bond acceptors (Lipinski definition) is 9. The average molecular weight is 777 g/mol. The van der Waals surface area contributed by atoms with Crippen molar-refractivity contribution in [1.29, 1.82) is 0 Å². The molecule has 0 aliphatic rings. The highest BCUT2D eigenvalue weighted by atomic mass is 31.2. The Kier molecular flexibility index (Phi) is 38.0. The molecule has 10 nitrogen and oxygen atoms in total. The molecular formula is C42H81O10P. The quantitative estimate of drug-likeness (QED) is 0.0237. The molecule has 0 saturated heterocycles. The topological polar surface area (TPSA) is 149 Å². The summed E-state index contributed by atoms with van der Waals surface area (Å²) in [5.74, 6) is -0.926. The van der Waals surface area contributed by atoms with Crippen LogP contribution in [0.1, 0.15) is 206 Å². The summed E-state index contributed by atoms with van der Waals surface area (Å²) in [5.41, 5.74) is 0. The standard InChI is InChI=1S/C42H81O10P/c1-3-5-7-9-11-13-15-16-17-18-19-20-21-22-24-25-27-29-31-33-41(45)49-37-40(38-51-53(47,48)50-36-39(44)35-43)52-42(46)34-32-30-28-26-23-14-12-10-8-6-4-2/h10,12,39-40,43-44H,3-9,11,13-38H2,1-2H3,(H,47,48)/b12-10-/t39-,40+/m0/s1. The molecule has 0 saturated carbocycles. The summed E-state index contributed by atoms with van der Waals surface area (Å²) in [6.07, 6.45) is 36.1. The van der Waals surface area contributed by atoms with Gasteiger partial charge in [-0.25, -0.2) is 4.57 Å². The zero-order chi connectivity index (χ0) is 39.1. The summed E-state index contributed by atoms with van der Waals surface area (Å²) in [6, 6.07) is 0. The lowest BCUT2D eigenvalue weighted by Gasteiger charge is -2.20. The van der Waals surface area contributed by atoms with E-state index >= 15 is 0 Å². The number of unbranched alkanes of at least 4 members (excludes halogenated alkanes) is 25. The third-order valence-electron chi connectivity index (χ3n) is 9.42. The van der Waals surface area contributed by atoms with E-state index in [9.17, 15) is 24.2 Å². The van der Waals surface area contributed by atoms with Gasteiger partial charge < -0.3 is 24.6 Å². The Bertz CT molecular complexity index is 899. The van der Waals surface area contributed by atoms with Gasteiger partial charge in [0, 0.05) is 12.8 Å². The van der Waals surface area contributed by atoms with E-state index in [1.54, 1.807) is 0 Å². The number of aliphatic hydroxyl groups excluding tert-OH is 2. The molecule has 0 amide bonds. The maximum absolute atomic E-state index is 12.5. The van der Waals surface area contributed by atoms with E-state index in [-0.39, 0.29) is 19.4 Å². The smallest absolute Gasteiger partial charge is 0.462 e. The van der Waals surface area contributed by atoms with E-state index in [0.717, 1.165) is 57.8 Å². The normalized spacial score (nSPS) is 14.0. The second-order valence-corrected chi connectivity index (χ2v) is 16.2. The fourth-order valence-electron chi connectivity index (χ4n) is 6.03. The van der Waals surface area contributed by atoms with Crippen molar-refractivity contribution in [1.82, 2.24) is 0 Å². The Balaban J connectivity index is 4.19. The number of esters is 2. The molecule has 1 unspecified atom stereocenters. The molecule has 11 heteroatoms. The molecule has 314 valence electrons. The van der Waals surface area contributed by atoms with Gasteiger partial charge in [0.05, 0.1) is 19.8 Å². The SMILES string of the molecule is CCCC/C=C\CCCCCCCC(=O)O[C@H](COC(=O)CCCCCCCCCCCCCCCCCCCCC)COP(=O)(O)OC[C@@H](O)CO. The third kappa shape index (κ3) is 38.8. The van der Waals surface area contributed by atoms with Gasteiger partial charge in [0.1, 0.15) is 12.7 Å². The van der Waals surface area contributed by atoms with Gasteiger partial charge in [-0.2, -0.15) is 0 Å². The first-order valence-corrected chi connectivity index (χ1v) is 23.1. The minimum atomic E-state index is -4.61. The van der Waals surface area contributed by atoms with Crippen LogP contribution < -0.4 is 0 Å². The fourth-order valence-corrected chi connectivity index (χ4v) is 6.82. The number of phosphoric ester groups is 1. The lowest BCUT2D eigenvalue weighted by molar-refractivity contribution is -0.161. The number of allylic oxidation sites excluding steroid dienone is 2. The molecule has 0 aromatic carbocycles. The Morgan fingerprint density at radius 2 is 0.943 bits per heavy atom. The van der Waals surface area contributed by atoms with Crippen molar-refractivity contribution in [3.05, 3.63) is 12.2 Å². The van der Waals surface area contributed by atoms with Gasteiger partial charge in [0.15, 0.2) is 6.10 Å². The zero-order valence-corrected chi connectivity index (χ0v) is 34.9. The maximum atomic E-state index is 12.5. The molecular weight excluding hydrogens is 695 g/mol. The van der Waals surface area contributed by atoms with Crippen LogP contribution in [0.4, 0.5) is 0 Å². The van der Waals surface area contributed by atoms with Crippen LogP contribution in [0.2, 0.25) is 0 Å². The first kappa shape index (κ1) is 51.7. The van der Waals surface area contributed by atoms with E-state index in [1.807, 2.05) is 0 Å². The summed E-state index contributed by atoms with van der Waals surface area (Å²) >= 11 is 0. The van der Waals surface area contributed by atoms with Crippen LogP contribution in [0, 0.1) is 0 Å². The molecule has 0 heterocycles. The van der Waals surface area contributed by atoms with E-state index in [4.69, 9.17) is 19.1 Å². The highest BCUT2D eigenvalue weighted by molar-refractivity contribution is 7.47. The minimum absolute atomic E-state index is 0.177. The Hall–Kier alpha value is -1.29. The number of aliphatic hydroxyl groups is 2. The average Bonchev–Trinajstić information content (AvgIpc) is 3.14. The lowest BCUT2D eigenvalue weighted by Crippen LogP contribution is -2.29.